The van der Waals surface area contributed by atoms with Gasteiger partial charge in [0.25, 0.3) is 0 Å². The number of halogens is 2. The minimum absolute atomic E-state index is 0.158. The summed E-state index contributed by atoms with van der Waals surface area (Å²) in [7, 11) is 0. The van der Waals surface area contributed by atoms with Crippen molar-refractivity contribution in [3.05, 3.63) is 117 Å². The molecule has 0 amide bonds. The Morgan fingerprint density at radius 1 is 0.625 bits per heavy atom. The number of anilines is 2. The Hall–Kier alpha value is -5.86. The van der Waals surface area contributed by atoms with Crippen molar-refractivity contribution in [3.63, 3.8) is 0 Å². The van der Waals surface area contributed by atoms with E-state index in [0.717, 1.165) is 11.4 Å². The summed E-state index contributed by atoms with van der Waals surface area (Å²) >= 11 is 0. The Morgan fingerprint density at radius 2 is 1.00 bits per heavy atom. The topological polar surface area (TPSA) is 135 Å². The fourth-order valence-electron chi connectivity index (χ4n) is 7.38. The van der Waals surface area contributed by atoms with Gasteiger partial charge in [-0.1, -0.05) is 36.4 Å². The van der Waals surface area contributed by atoms with E-state index in [1.165, 1.54) is 0 Å². The van der Waals surface area contributed by atoms with Crippen LogP contribution in [0.15, 0.2) is 60.7 Å². The number of ether oxygens (including phenoxy) is 2. The number of aryl methyl sites for hydroxylation is 4. The maximum absolute atomic E-state index is 14.6. The van der Waals surface area contributed by atoms with Gasteiger partial charge in [0.05, 0.1) is 61.7 Å². The number of nitrogens with zero attached hydrogens (tertiary/aromatic N) is 6. The third-order valence-electron chi connectivity index (χ3n) is 10.5. The molecule has 0 saturated carbocycles. The van der Waals surface area contributed by atoms with E-state index >= 15 is 0 Å². The van der Waals surface area contributed by atoms with E-state index in [-0.39, 0.29) is 22.8 Å². The highest BCUT2D eigenvalue weighted by Gasteiger charge is 2.23. The van der Waals surface area contributed by atoms with Crippen LogP contribution in [0.1, 0.15) is 54.6 Å². The van der Waals surface area contributed by atoms with E-state index in [1.807, 2.05) is 47.2 Å². The highest BCUT2D eigenvalue weighted by Crippen LogP contribution is 2.31. The molecule has 0 unspecified atom stereocenters. The number of aromatic nitrogens is 4. The van der Waals surface area contributed by atoms with Crippen molar-refractivity contribution in [2.24, 2.45) is 0 Å². The molecule has 8 rings (SSSR count). The van der Waals surface area contributed by atoms with E-state index in [0.29, 0.717) is 122 Å². The van der Waals surface area contributed by atoms with Crippen molar-refractivity contribution >= 4 is 45.4 Å². The molecule has 2 aromatic heterocycles. The van der Waals surface area contributed by atoms with Crippen molar-refractivity contribution in [3.8, 4) is 0 Å². The quantitative estimate of drug-likeness (QED) is 0.171. The van der Waals surface area contributed by atoms with Crippen LogP contribution in [0.2, 0.25) is 0 Å². The Bertz CT molecular complexity index is 2280. The number of morpholine rings is 2. The van der Waals surface area contributed by atoms with E-state index in [9.17, 15) is 28.6 Å². The Labute approximate surface area is 322 Å². The molecule has 12 nitrogen and oxygen atoms in total. The van der Waals surface area contributed by atoms with Gasteiger partial charge in [-0.15, -0.1) is 0 Å². The number of benzene rings is 4. The SMILES string of the molecule is Cc1cccc(Cn2c(C)nc3c(C(=O)O)cc(N4CCOCC4)cc32)c1F.Cc1cccc(Cn2c(C)nc3c(C(=O)O)cc(N4CCOCC4)cc32)c1F. The summed E-state index contributed by atoms with van der Waals surface area (Å²) in [4.78, 5) is 36.9. The van der Waals surface area contributed by atoms with Crippen LogP contribution in [0.25, 0.3) is 22.1 Å². The van der Waals surface area contributed by atoms with E-state index in [1.54, 1.807) is 50.2 Å². The standard InChI is InChI=1S/2C21H22FN3O3/c2*1-13-4-3-5-15(19(13)22)12-25-14(2)23-20-17(21(26)27)10-16(11-18(20)25)24-6-8-28-9-7-24/h2*3-5,10-11H,6-9,12H2,1-2H3,(H,26,27). The van der Waals surface area contributed by atoms with Crippen LogP contribution in [0.5, 0.6) is 0 Å². The zero-order valence-electron chi connectivity index (χ0n) is 31.8. The molecule has 2 saturated heterocycles. The summed E-state index contributed by atoms with van der Waals surface area (Å²) < 4.78 is 43.7. The molecule has 2 aliphatic heterocycles. The molecule has 4 aromatic carbocycles. The van der Waals surface area contributed by atoms with Gasteiger partial charge in [-0.05, 0) is 63.1 Å². The molecule has 6 aromatic rings. The predicted octanol–water partition coefficient (Wildman–Crippen LogP) is 6.75. The molecular weight excluding hydrogens is 722 g/mol. The molecular formula is C42H44F2N6O6. The van der Waals surface area contributed by atoms with Crippen molar-refractivity contribution in [2.75, 3.05) is 62.4 Å². The second kappa shape index (κ2) is 16.1. The van der Waals surface area contributed by atoms with Gasteiger partial charge in [0, 0.05) is 48.7 Å². The third kappa shape index (κ3) is 7.66. The van der Waals surface area contributed by atoms with Crippen LogP contribution >= 0.6 is 0 Å². The molecule has 14 heteroatoms. The summed E-state index contributed by atoms with van der Waals surface area (Å²) in [5.41, 5.74) is 6.46. The smallest absolute Gasteiger partial charge is 0.338 e. The molecule has 0 spiro atoms. The fourth-order valence-corrected chi connectivity index (χ4v) is 7.38. The van der Waals surface area contributed by atoms with Gasteiger partial charge in [-0.3, -0.25) is 0 Å². The Kier molecular flexibility index (Phi) is 11.0. The normalized spacial score (nSPS) is 14.6. The largest absolute Gasteiger partial charge is 0.478 e. The number of rotatable bonds is 8. The molecule has 2 N–H and O–H groups in total. The van der Waals surface area contributed by atoms with Crippen molar-refractivity contribution in [2.45, 2.75) is 40.8 Å². The number of hydrogen-bond acceptors (Lipinski definition) is 8. The average Bonchev–Trinajstić information content (AvgIpc) is 3.69. The van der Waals surface area contributed by atoms with Gasteiger partial charge in [-0.2, -0.15) is 0 Å². The first-order valence-electron chi connectivity index (χ1n) is 18.5. The van der Waals surface area contributed by atoms with Crippen molar-refractivity contribution in [1.82, 2.24) is 19.1 Å². The Morgan fingerprint density at radius 3 is 1.36 bits per heavy atom. The molecule has 0 bridgehead atoms. The summed E-state index contributed by atoms with van der Waals surface area (Å²) in [5, 5.41) is 19.4. The highest BCUT2D eigenvalue weighted by molar-refractivity contribution is 6.04. The summed E-state index contributed by atoms with van der Waals surface area (Å²) in [5.74, 6) is -1.23. The molecule has 2 aliphatic rings. The number of aromatic carboxylic acids is 2. The molecule has 0 atom stereocenters. The van der Waals surface area contributed by atoms with Gasteiger partial charge in [0.1, 0.15) is 34.3 Å². The minimum Gasteiger partial charge on any atom is -0.478 e. The number of imidazole rings is 2. The lowest BCUT2D eigenvalue weighted by molar-refractivity contribution is 0.0688. The molecule has 292 valence electrons. The van der Waals surface area contributed by atoms with Crippen LogP contribution in [0.4, 0.5) is 20.2 Å². The number of carbonyl (C=O) groups is 2. The maximum Gasteiger partial charge on any atom is 0.338 e. The van der Waals surface area contributed by atoms with Gasteiger partial charge in [0.2, 0.25) is 0 Å². The molecule has 56 heavy (non-hydrogen) atoms. The first kappa shape index (κ1) is 38.4. The van der Waals surface area contributed by atoms with Gasteiger partial charge < -0.3 is 38.6 Å². The first-order valence-corrected chi connectivity index (χ1v) is 18.5. The van der Waals surface area contributed by atoms with Crippen LogP contribution in [0, 0.1) is 39.3 Å². The van der Waals surface area contributed by atoms with Crippen molar-refractivity contribution in [1.29, 1.82) is 0 Å². The maximum atomic E-state index is 14.6. The summed E-state index contributed by atoms with van der Waals surface area (Å²) in [6.07, 6.45) is 0. The van der Waals surface area contributed by atoms with Crippen LogP contribution in [-0.4, -0.2) is 93.9 Å². The summed E-state index contributed by atoms with van der Waals surface area (Å²) in [6.45, 7) is 12.9. The molecule has 2 fully saturated rings. The van der Waals surface area contributed by atoms with Gasteiger partial charge in [-0.25, -0.2) is 28.3 Å². The molecule has 4 heterocycles. The molecule has 0 aliphatic carbocycles. The highest BCUT2D eigenvalue weighted by atomic mass is 19.1. The van der Waals surface area contributed by atoms with Crippen LogP contribution in [-0.2, 0) is 22.6 Å². The van der Waals surface area contributed by atoms with E-state index in [4.69, 9.17) is 9.47 Å². The Balaban J connectivity index is 0.000000172. The first-order chi connectivity index (χ1) is 26.9. The lowest BCUT2D eigenvalue weighted by Gasteiger charge is -2.29. The predicted molar refractivity (Wildman–Crippen MR) is 209 cm³/mol. The number of hydrogen-bond donors (Lipinski definition) is 2. The van der Waals surface area contributed by atoms with Crippen LogP contribution < -0.4 is 9.80 Å². The van der Waals surface area contributed by atoms with Gasteiger partial charge >= 0.3 is 11.9 Å². The van der Waals surface area contributed by atoms with E-state index in [2.05, 4.69) is 19.8 Å². The average molecular weight is 767 g/mol. The lowest BCUT2D eigenvalue weighted by Crippen LogP contribution is -2.36. The fraction of sp³-hybridized carbons (Fsp3) is 0.333. The van der Waals surface area contributed by atoms with Gasteiger partial charge in [0.15, 0.2) is 0 Å². The monoisotopic (exact) mass is 766 g/mol. The second-order valence-electron chi connectivity index (χ2n) is 14.1. The number of fused-ring (bicyclic) bond motifs is 2. The lowest BCUT2D eigenvalue weighted by atomic mass is 10.1. The number of carboxylic acids is 2. The second-order valence-corrected chi connectivity index (χ2v) is 14.1. The molecule has 0 radical (unpaired) electrons. The number of carboxylic acid groups (broad SMARTS) is 2. The van der Waals surface area contributed by atoms with E-state index < -0.39 is 11.9 Å². The third-order valence-corrected chi connectivity index (χ3v) is 10.5. The summed E-state index contributed by atoms with van der Waals surface area (Å²) in [6, 6.07) is 17.8. The van der Waals surface area contributed by atoms with Crippen LogP contribution in [0.3, 0.4) is 0 Å². The van der Waals surface area contributed by atoms with Crippen molar-refractivity contribution < 1.29 is 38.1 Å². The zero-order chi connectivity index (χ0) is 39.7. The zero-order valence-corrected chi connectivity index (χ0v) is 31.8. The minimum atomic E-state index is -1.02.